The van der Waals surface area contributed by atoms with Gasteiger partial charge in [0.25, 0.3) is 5.91 Å². The Hall–Kier alpha value is -3.40. The van der Waals surface area contributed by atoms with E-state index < -0.39 is 11.7 Å². The molecule has 3 aromatic rings. The molecule has 4 heterocycles. The van der Waals surface area contributed by atoms with Crippen LogP contribution in [-0.4, -0.2) is 48.5 Å². The molecule has 166 valence electrons. The number of aromatic nitrogens is 1. The second-order valence-electron chi connectivity index (χ2n) is 8.24. The van der Waals surface area contributed by atoms with Crippen LogP contribution in [0.1, 0.15) is 21.7 Å². The zero-order valence-electron chi connectivity index (χ0n) is 16.7. The maximum atomic E-state index is 13.7. The lowest BCUT2D eigenvalue weighted by Crippen LogP contribution is -2.67. The fourth-order valence-corrected chi connectivity index (χ4v) is 4.15. The van der Waals surface area contributed by atoms with E-state index in [4.69, 9.17) is 9.15 Å². The minimum Gasteiger partial charge on any atom is -0.459 e. The predicted molar refractivity (Wildman–Crippen MR) is 107 cm³/mol. The first kappa shape index (κ1) is 20.5. The summed E-state index contributed by atoms with van der Waals surface area (Å²) in [5.74, 6) is 0.0444. The lowest BCUT2D eigenvalue weighted by molar-refractivity contribution is -0.176. The van der Waals surface area contributed by atoms with E-state index in [1.807, 2.05) is 0 Å². The molecular weight excluding hydrogens is 427 g/mol. The van der Waals surface area contributed by atoms with Crippen LogP contribution in [0.25, 0.3) is 22.2 Å². The smallest absolute Gasteiger partial charge is 0.420 e. The van der Waals surface area contributed by atoms with Crippen LogP contribution in [-0.2, 0) is 22.3 Å². The van der Waals surface area contributed by atoms with E-state index in [0.717, 1.165) is 6.07 Å². The standard InChI is InChI=1S/C22H18F3N3O4/c23-22(24,25)17-5-14(3-15-4-16(7-26-12-29)32-19(15)17)18-2-1-13(6-27-18)20(30)28-8-21(9-28)10-31-11-21/h1-6,12H,7-11H2,(H,26,29). The van der Waals surface area contributed by atoms with Crippen molar-refractivity contribution < 1.29 is 31.9 Å². The van der Waals surface area contributed by atoms with E-state index in [2.05, 4.69) is 10.3 Å². The first-order chi connectivity index (χ1) is 15.3. The Morgan fingerprint density at radius 1 is 1.22 bits per heavy atom. The molecule has 1 spiro atoms. The summed E-state index contributed by atoms with van der Waals surface area (Å²) >= 11 is 0. The second-order valence-corrected chi connectivity index (χ2v) is 8.24. The molecule has 10 heteroatoms. The highest BCUT2D eigenvalue weighted by atomic mass is 19.4. The Morgan fingerprint density at radius 2 is 2.00 bits per heavy atom. The minimum absolute atomic E-state index is 0.0240. The van der Waals surface area contributed by atoms with Crippen LogP contribution in [0.5, 0.6) is 0 Å². The van der Waals surface area contributed by atoms with Gasteiger partial charge in [0, 0.05) is 30.2 Å². The maximum Gasteiger partial charge on any atom is 0.420 e. The van der Waals surface area contributed by atoms with Crippen molar-refractivity contribution in [3.05, 3.63) is 53.4 Å². The van der Waals surface area contributed by atoms with Gasteiger partial charge in [0.1, 0.15) is 11.3 Å². The van der Waals surface area contributed by atoms with Gasteiger partial charge in [0.2, 0.25) is 6.41 Å². The molecule has 1 aromatic carbocycles. The number of furan rings is 1. The molecule has 0 unspecified atom stereocenters. The van der Waals surface area contributed by atoms with E-state index in [1.54, 1.807) is 11.0 Å². The highest BCUT2D eigenvalue weighted by Gasteiger charge is 2.50. The molecule has 2 amide bonds. The fraction of sp³-hybridized carbons (Fsp3) is 0.318. The number of hydrogen-bond donors (Lipinski definition) is 1. The minimum atomic E-state index is -4.64. The highest BCUT2D eigenvalue weighted by Crippen LogP contribution is 2.40. The van der Waals surface area contributed by atoms with Gasteiger partial charge in [-0.05, 0) is 30.3 Å². The van der Waals surface area contributed by atoms with Gasteiger partial charge in [0.05, 0.1) is 42.0 Å². The number of carbonyl (C=O) groups is 2. The Labute approximate surface area is 180 Å². The number of alkyl halides is 3. The topological polar surface area (TPSA) is 84.7 Å². The van der Waals surface area contributed by atoms with Crippen molar-refractivity contribution in [2.75, 3.05) is 26.3 Å². The molecule has 32 heavy (non-hydrogen) atoms. The van der Waals surface area contributed by atoms with Crippen LogP contribution in [0.2, 0.25) is 0 Å². The van der Waals surface area contributed by atoms with Gasteiger partial charge in [-0.15, -0.1) is 0 Å². The third-order valence-electron chi connectivity index (χ3n) is 5.79. The van der Waals surface area contributed by atoms with E-state index in [0.29, 0.717) is 44.0 Å². The number of amides is 2. The second kappa shape index (κ2) is 7.33. The van der Waals surface area contributed by atoms with Gasteiger partial charge >= 0.3 is 6.18 Å². The number of pyridine rings is 1. The quantitative estimate of drug-likeness (QED) is 0.610. The van der Waals surface area contributed by atoms with Gasteiger partial charge in [-0.2, -0.15) is 13.2 Å². The Morgan fingerprint density at radius 3 is 2.59 bits per heavy atom. The SMILES string of the molecule is O=CNCc1cc2cc(-c3ccc(C(=O)N4CC5(COC5)C4)cn3)cc(C(F)(F)F)c2o1. The molecule has 2 aromatic heterocycles. The summed E-state index contributed by atoms with van der Waals surface area (Å²) in [7, 11) is 0. The molecule has 2 fully saturated rings. The van der Waals surface area contributed by atoms with Crippen molar-refractivity contribution in [3.63, 3.8) is 0 Å². The number of carbonyl (C=O) groups excluding carboxylic acids is 2. The molecule has 2 aliphatic heterocycles. The molecule has 7 nitrogen and oxygen atoms in total. The number of nitrogens with zero attached hydrogens (tertiary/aromatic N) is 2. The molecule has 5 rings (SSSR count). The summed E-state index contributed by atoms with van der Waals surface area (Å²) in [5, 5.41) is 2.61. The lowest BCUT2D eigenvalue weighted by atomic mass is 9.78. The number of hydrogen-bond acceptors (Lipinski definition) is 5. The van der Waals surface area contributed by atoms with Crippen molar-refractivity contribution in [2.24, 2.45) is 5.41 Å². The molecule has 0 radical (unpaired) electrons. The van der Waals surface area contributed by atoms with Crippen molar-refractivity contribution in [3.8, 4) is 11.3 Å². The van der Waals surface area contributed by atoms with Crippen LogP contribution in [0.3, 0.4) is 0 Å². The number of rotatable bonds is 5. The largest absolute Gasteiger partial charge is 0.459 e. The molecule has 2 saturated heterocycles. The molecule has 2 aliphatic rings. The van der Waals surface area contributed by atoms with E-state index in [9.17, 15) is 22.8 Å². The Bertz CT molecular complexity index is 1190. The third-order valence-corrected chi connectivity index (χ3v) is 5.79. The van der Waals surface area contributed by atoms with E-state index >= 15 is 0 Å². The average molecular weight is 445 g/mol. The molecule has 0 aliphatic carbocycles. The first-order valence-electron chi connectivity index (χ1n) is 9.92. The van der Waals surface area contributed by atoms with E-state index in [1.165, 1.54) is 24.4 Å². The van der Waals surface area contributed by atoms with Crippen LogP contribution in [0, 0.1) is 5.41 Å². The number of ether oxygens (including phenoxy) is 1. The molecule has 0 bridgehead atoms. The van der Waals surface area contributed by atoms with E-state index in [-0.39, 0.29) is 40.2 Å². The zero-order valence-corrected chi connectivity index (χ0v) is 16.7. The Balaban J connectivity index is 1.43. The maximum absolute atomic E-state index is 13.7. The van der Waals surface area contributed by atoms with Crippen molar-refractivity contribution in [1.29, 1.82) is 0 Å². The summed E-state index contributed by atoms with van der Waals surface area (Å²) < 4.78 is 51.5. The van der Waals surface area contributed by atoms with Crippen LogP contribution < -0.4 is 5.32 Å². The summed E-state index contributed by atoms with van der Waals surface area (Å²) in [4.78, 5) is 29.0. The normalized spacial score (nSPS) is 17.2. The summed E-state index contributed by atoms with van der Waals surface area (Å²) in [6, 6.07) is 7.07. The molecule has 1 N–H and O–H groups in total. The van der Waals surface area contributed by atoms with Crippen LogP contribution in [0.4, 0.5) is 13.2 Å². The average Bonchev–Trinajstić information content (AvgIpc) is 3.11. The van der Waals surface area contributed by atoms with Crippen LogP contribution in [0.15, 0.2) is 40.9 Å². The fourth-order valence-electron chi connectivity index (χ4n) is 4.15. The number of nitrogens with one attached hydrogen (secondary N) is 1. The summed E-state index contributed by atoms with van der Waals surface area (Å²) in [6.45, 7) is 2.59. The van der Waals surface area contributed by atoms with Gasteiger partial charge in [-0.3, -0.25) is 14.6 Å². The van der Waals surface area contributed by atoms with Crippen LogP contribution >= 0.6 is 0 Å². The molecule has 0 atom stereocenters. The van der Waals surface area contributed by atoms with Gasteiger partial charge in [-0.1, -0.05) is 0 Å². The summed E-state index contributed by atoms with van der Waals surface area (Å²) in [5.41, 5.74) is -0.215. The summed E-state index contributed by atoms with van der Waals surface area (Å²) in [6.07, 6.45) is -2.82. The molecular formula is C22H18F3N3O4. The van der Waals surface area contributed by atoms with Gasteiger partial charge in [-0.25, -0.2) is 0 Å². The number of benzene rings is 1. The monoisotopic (exact) mass is 445 g/mol. The highest BCUT2D eigenvalue weighted by molar-refractivity contribution is 5.95. The van der Waals surface area contributed by atoms with Gasteiger partial charge in [0.15, 0.2) is 0 Å². The van der Waals surface area contributed by atoms with Crippen molar-refractivity contribution in [1.82, 2.24) is 15.2 Å². The third kappa shape index (κ3) is 3.50. The lowest BCUT2D eigenvalue weighted by Gasteiger charge is -2.54. The number of fused-ring (bicyclic) bond motifs is 1. The van der Waals surface area contributed by atoms with Crippen molar-refractivity contribution in [2.45, 2.75) is 12.7 Å². The number of likely N-dealkylation sites (tertiary alicyclic amines) is 1. The first-order valence-corrected chi connectivity index (χ1v) is 9.92. The van der Waals surface area contributed by atoms with Crippen molar-refractivity contribution >= 4 is 23.3 Å². The molecule has 0 saturated carbocycles. The Kier molecular flexibility index (Phi) is 4.70. The van der Waals surface area contributed by atoms with Gasteiger partial charge < -0.3 is 19.4 Å². The zero-order chi connectivity index (χ0) is 22.5. The number of halogens is 3. The predicted octanol–water partition coefficient (Wildman–Crippen LogP) is 3.23.